The molecule has 6 nitrogen and oxygen atoms in total. The molecule has 31 heavy (non-hydrogen) atoms. The molecule has 1 N–H and O–H groups in total. The van der Waals surface area contributed by atoms with Crippen LogP contribution >= 0.6 is 39.2 Å². The summed E-state index contributed by atoms with van der Waals surface area (Å²) < 4.78 is 41.6. The molecule has 0 aliphatic heterocycles. The number of nitrogens with one attached hydrogen (secondary N) is 1. The number of benzene rings is 1. The molecule has 1 aromatic carbocycles. The number of alkyl halides is 3. The highest BCUT2D eigenvalue weighted by Gasteiger charge is 2.31. The summed E-state index contributed by atoms with van der Waals surface area (Å²) in [4.78, 5) is 22.3. The van der Waals surface area contributed by atoms with E-state index in [1.54, 1.807) is 35.4 Å². The van der Waals surface area contributed by atoms with E-state index in [4.69, 9.17) is 5.26 Å². The van der Waals surface area contributed by atoms with Crippen molar-refractivity contribution in [1.29, 1.82) is 5.26 Å². The number of hydrogen-bond donors (Lipinski definition) is 1. The van der Waals surface area contributed by atoms with Gasteiger partial charge in [0.2, 0.25) is 0 Å². The van der Waals surface area contributed by atoms with Crippen LogP contribution in [-0.2, 0) is 12.7 Å². The number of pyridine rings is 1. The quantitative estimate of drug-likeness (QED) is 0.424. The maximum atomic E-state index is 12.8. The molecule has 0 atom stereocenters. The molecule has 3 aromatic rings. The first kappa shape index (κ1) is 23.1. The lowest BCUT2D eigenvalue weighted by Gasteiger charge is -2.22. The molecule has 3 rings (SSSR count). The van der Waals surface area contributed by atoms with Crippen molar-refractivity contribution in [3.05, 3.63) is 68.9 Å². The van der Waals surface area contributed by atoms with Crippen LogP contribution in [0.2, 0.25) is 0 Å². The fraction of sp³-hybridized carbons (Fsp3) is 0.158. The Morgan fingerprint density at radius 2 is 2.00 bits per heavy atom. The molecular formula is C19H13BrF3N5OS2. The molecule has 12 heteroatoms. The van der Waals surface area contributed by atoms with Crippen molar-refractivity contribution in [2.24, 2.45) is 0 Å². The molecule has 0 unspecified atom stereocenters. The lowest BCUT2D eigenvalue weighted by molar-refractivity contribution is -0.137. The maximum Gasteiger partial charge on any atom is 0.417 e. The van der Waals surface area contributed by atoms with E-state index in [1.807, 2.05) is 6.07 Å². The van der Waals surface area contributed by atoms with Gasteiger partial charge in [0.25, 0.3) is 5.91 Å². The molecule has 0 aliphatic carbocycles. The molecule has 2 aromatic heterocycles. The van der Waals surface area contributed by atoms with Crippen molar-refractivity contribution in [1.82, 2.24) is 14.7 Å². The number of nitriles is 1. The van der Waals surface area contributed by atoms with E-state index in [9.17, 15) is 18.0 Å². The smallest absolute Gasteiger partial charge is 0.312 e. The van der Waals surface area contributed by atoms with Crippen LogP contribution in [0.1, 0.15) is 27.3 Å². The number of aromatic nitrogens is 2. The van der Waals surface area contributed by atoms with Crippen LogP contribution in [0, 0.1) is 11.3 Å². The van der Waals surface area contributed by atoms with E-state index in [-0.39, 0.29) is 18.1 Å². The summed E-state index contributed by atoms with van der Waals surface area (Å²) in [5.74, 6) is -0.380. The van der Waals surface area contributed by atoms with Crippen LogP contribution in [0.15, 0.2) is 46.4 Å². The van der Waals surface area contributed by atoms with Crippen LogP contribution < -0.4 is 9.62 Å². The molecule has 0 bridgehead atoms. The first-order chi connectivity index (χ1) is 14.7. The number of rotatable bonds is 6. The van der Waals surface area contributed by atoms with Gasteiger partial charge in [0.15, 0.2) is 10.8 Å². The lowest BCUT2D eigenvalue weighted by atomic mass is 10.2. The number of anilines is 2. The zero-order valence-corrected chi connectivity index (χ0v) is 19.0. The minimum absolute atomic E-state index is 0.105. The minimum Gasteiger partial charge on any atom is -0.312 e. The van der Waals surface area contributed by atoms with E-state index >= 15 is 0 Å². The second-order valence-corrected chi connectivity index (χ2v) is 8.94. The first-order valence-electron chi connectivity index (χ1n) is 8.52. The van der Waals surface area contributed by atoms with Gasteiger partial charge in [-0.1, -0.05) is 23.3 Å². The van der Waals surface area contributed by atoms with Gasteiger partial charge in [-0.15, -0.1) is 0 Å². The Balaban J connectivity index is 1.98. The Morgan fingerprint density at radius 1 is 1.29 bits per heavy atom. The van der Waals surface area contributed by atoms with Crippen LogP contribution in [0.3, 0.4) is 0 Å². The number of halogens is 4. The zero-order valence-electron chi connectivity index (χ0n) is 15.8. The third-order valence-electron chi connectivity index (χ3n) is 4.00. The Kier molecular flexibility index (Phi) is 7.19. The largest absolute Gasteiger partial charge is 0.417 e. The summed E-state index contributed by atoms with van der Waals surface area (Å²) in [6, 6.07) is 10.9. The van der Waals surface area contributed by atoms with E-state index in [0.29, 0.717) is 25.9 Å². The normalized spacial score (nSPS) is 11.1. The standard InChI is InChI=1S/C19H13BrF3N5OS2/c1-30-27-17(29)15-16(20)31-18(26-15)28(14-6-2-11(8-24)3-7-14)10-13-5-4-12(9-25-13)19(21,22)23/h2-7,9H,10H2,1H3,(H,27,29). The molecule has 0 aliphatic rings. The van der Waals surface area contributed by atoms with Gasteiger partial charge < -0.3 is 4.90 Å². The molecule has 0 saturated carbocycles. The van der Waals surface area contributed by atoms with Gasteiger partial charge in [0.1, 0.15) is 3.79 Å². The number of carbonyl (C=O) groups is 1. The molecule has 0 spiro atoms. The second-order valence-electron chi connectivity index (χ2n) is 6.03. The average Bonchev–Trinajstić information content (AvgIpc) is 3.13. The van der Waals surface area contributed by atoms with Crippen LogP contribution in [0.4, 0.5) is 24.0 Å². The van der Waals surface area contributed by atoms with Crippen molar-refractivity contribution in [3.8, 4) is 6.07 Å². The average molecular weight is 528 g/mol. The van der Waals surface area contributed by atoms with Gasteiger partial charge in [0, 0.05) is 18.1 Å². The lowest BCUT2D eigenvalue weighted by Crippen LogP contribution is -2.19. The minimum atomic E-state index is -4.47. The van der Waals surface area contributed by atoms with Gasteiger partial charge in [0.05, 0.1) is 29.4 Å². The van der Waals surface area contributed by atoms with E-state index in [2.05, 4.69) is 30.6 Å². The predicted molar refractivity (Wildman–Crippen MR) is 117 cm³/mol. The molecule has 1 amide bonds. The van der Waals surface area contributed by atoms with Crippen molar-refractivity contribution >= 4 is 55.9 Å². The van der Waals surface area contributed by atoms with Crippen molar-refractivity contribution < 1.29 is 18.0 Å². The Bertz CT molecular complexity index is 1110. The molecule has 160 valence electrons. The second kappa shape index (κ2) is 9.67. The molecule has 0 saturated heterocycles. The van der Waals surface area contributed by atoms with E-state index in [0.717, 1.165) is 24.2 Å². The number of thiazole rings is 1. The van der Waals surface area contributed by atoms with Crippen LogP contribution in [0.5, 0.6) is 0 Å². The van der Waals surface area contributed by atoms with E-state index in [1.165, 1.54) is 17.4 Å². The number of nitrogens with zero attached hydrogens (tertiary/aromatic N) is 4. The van der Waals surface area contributed by atoms with Crippen LogP contribution in [-0.4, -0.2) is 22.1 Å². The zero-order chi connectivity index (χ0) is 22.6. The Labute approximate surface area is 192 Å². The third-order valence-corrected chi connectivity index (χ3v) is 6.11. The third kappa shape index (κ3) is 5.55. The van der Waals surface area contributed by atoms with Gasteiger partial charge in [-0.3, -0.25) is 14.5 Å². The van der Waals surface area contributed by atoms with Gasteiger partial charge in [-0.2, -0.15) is 18.4 Å². The molecule has 0 fully saturated rings. The Morgan fingerprint density at radius 3 is 2.55 bits per heavy atom. The number of hydrogen-bond acceptors (Lipinski definition) is 7. The highest BCUT2D eigenvalue weighted by atomic mass is 79.9. The molecule has 0 radical (unpaired) electrons. The first-order valence-corrected chi connectivity index (χ1v) is 11.4. The summed E-state index contributed by atoms with van der Waals surface area (Å²) in [5.41, 5.74) is 0.817. The fourth-order valence-electron chi connectivity index (χ4n) is 2.52. The van der Waals surface area contributed by atoms with Crippen molar-refractivity contribution in [3.63, 3.8) is 0 Å². The van der Waals surface area contributed by atoms with Gasteiger partial charge >= 0.3 is 6.18 Å². The summed E-state index contributed by atoms with van der Waals surface area (Å²) in [7, 11) is 0. The predicted octanol–water partition coefficient (Wildman–Crippen LogP) is 5.54. The summed E-state index contributed by atoms with van der Waals surface area (Å²) in [6.07, 6.45) is -1.99. The Hall–Kier alpha value is -2.62. The monoisotopic (exact) mass is 527 g/mol. The topological polar surface area (TPSA) is 81.9 Å². The van der Waals surface area contributed by atoms with Crippen molar-refractivity contribution in [2.45, 2.75) is 12.7 Å². The van der Waals surface area contributed by atoms with E-state index < -0.39 is 11.7 Å². The fourth-order valence-corrected chi connectivity index (χ4v) is 4.32. The molecular weight excluding hydrogens is 515 g/mol. The highest BCUT2D eigenvalue weighted by Crippen LogP contribution is 2.36. The highest BCUT2D eigenvalue weighted by molar-refractivity contribution is 9.11. The SMILES string of the molecule is CSNC(=O)c1nc(N(Cc2ccc(C(F)(F)F)cn2)c2ccc(C#N)cc2)sc1Br. The number of carbonyl (C=O) groups excluding carboxylic acids is 1. The van der Waals surface area contributed by atoms with Gasteiger partial charge in [-0.25, -0.2) is 4.98 Å². The van der Waals surface area contributed by atoms with Gasteiger partial charge in [-0.05, 0) is 52.3 Å². The van der Waals surface area contributed by atoms with Crippen LogP contribution in [0.25, 0.3) is 0 Å². The summed E-state index contributed by atoms with van der Waals surface area (Å²) in [6.45, 7) is 0.105. The number of amides is 1. The maximum absolute atomic E-state index is 12.8. The molecule has 2 heterocycles. The van der Waals surface area contributed by atoms with Crippen molar-refractivity contribution in [2.75, 3.05) is 11.2 Å². The summed E-state index contributed by atoms with van der Waals surface area (Å²) >= 11 is 5.68. The summed E-state index contributed by atoms with van der Waals surface area (Å²) in [5, 5.41) is 9.47.